The molecule has 0 aliphatic carbocycles. The topological polar surface area (TPSA) is 6.48 Å². The van der Waals surface area contributed by atoms with Crippen LogP contribution < -0.4 is 15.0 Å². The average molecular weight is 713 g/mol. The van der Waals surface area contributed by atoms with Crippen LogP contribution in [0.3, 0.4) is 0 Å². The fraction of sp³-hybridized carbons (Fsp3) is 0.0588. The second-order valence-electron chi connectivity index (χ2n) is 14.7. The van der Waals surface area contributed by atoms with Crippen molar-refractivity contribution in [1.29, 1.82) is 0 Å². The molecule has 0 atom stereocenters. The Kier molecular flexibility index (Phi) is 9.80. The fourth-order valence-corrected chi connectivity index (χ4v) is 8.30. The van der Waals surface area contributed by atoms with Crippen molar-refractivity contribution in [2.45, 2.75) is 19.6 Å². The molecule has 0 aromatic heterocycles. The number of anilines is 6. The molecule has 0 N–H and O–H groups in total. The zero-order chi connectivity index (χ0) is 36.9. The summed E-state index contributed by atoms with van der Waals surface area (Å²) in [4.78, 5) is 4.68. The Morgan fingerprint density at radius 1 is 0.278 bits per heavy atom. The van der Waals surface area contributed by atoms with Crippen LogP contribution in [-0.4, -0.2) is 8.07 Å². The van der Waals surface area contributed by atoms with Crippen LogP contribution in [0.25, 0.3) is 33.4 Å². The maximum Gasteiger partial charge on any atom is 0.0775 e. The van der Waals surface area contributed by atoms with Gasteiger partial charge < -0.3 is 9.80 Å². The van der Waals surface area contributed by atoms with E-state index in [1.54, 1.807) is 0 Å². The van der Waals surface area contributed by atoms with Gasteiger partial charge in [-0.05, 0) is 94.5 Å². The van der Waals surface area contributed by atoms with Crippen LogP contribution >= 0.6 is 0 Å². The number of rotatable bonds is 10. The zero-order valence-electron chi connectivity index (χ0n) is 31.1. The SMILES string of the molecule is C[Si](C)(C)c1ccc(N(c2ccc(-c3ccc(-c4ccc(N(c5ccccc5)c5ccccc5)cc4)cc3)cc2)c2ccccc2-c2ccccc2)cc1. The molecular weight excluding hydrogens is 669 g/mol. The Balaban J connectivity index is 1.08. The van der Waals surface area contributed by atoms with E-state index >= 15 is 0 Å². The lowest BCUT2D eigenvalue weighted by molar-refractivity contribution is 1.28. The molecule has 8 rings (SSSR count). The molecular formula is C51H44N2Si. The summed E-state index contributed by atoms with van der Waals surface area (Å²) in [5, 5.41) is 1.46. The number of nitrogens with zero attached hydrogens (tertiary/aromatic N) is 2. The van der Waals surface area contributed by atoms with Crippen molar-refractivity contribution < 1.29 is 0 Å². The van der Waals surface area contributed by atoms with Gasteiger partial charge in [-0.3, -0.25) is 0 Å². The van der Waals surface area contributed by atoms with Gasteiger partial charge in [0, 0.05) is 34.0 Å². The summed E-state index contributed by atoms with van der Waals surface area (Å²) >= 11 is 0. The molecule has 0 aliphatic heterocycles. The highest BCUT2D eigenvalue weighted by Crippen LogP contribution is 2.41. The first-order chi connectivity index (χ1) is 26.4. The van der Waals surface area contributed by atoms with E-state index in [0.29, 0.717) is 0 Å². The molecule has 0 heterocycles. The van der Waals surface area contributed by atoms with Crippen molar-refractivity contribution >= 4 is 47.4 Å². The Morgan fingerprint density at radius 2 is 0.611 bits per heavy atom. The Bertz CT molecular complexity index is 2380. The van der Waals surface area contributed by atoms with Crippen LogP contribution in [0.1, 0.15) is 0 Å². The van der Waals surface area contributed by atoms with Gasteiger partial charge in [-0.2, -0.15) is 0 Å². The third kappa shape index (κ3) is 7.41. The van der Waals surface area contributed by atoms with Gasteiger partial charge in [-0.25, -0.2) is 0 Å². The van der Waals surface area contributed by atoms with Gasteiger partial charge in [0.05, 0.1) is 13.8 Å². The summed E-state index contributed by atoms with van der Waals surface area (Å²) in [6.45, 7) is 7.20. The van der Waals surface area contributed by atoms with Crippen molar-refractivity contribution in [3.63, 3.8) is 0 Å². The van der Waals surface area contributed by atoms with Crippen LogP contribution in [0.2, 0.25) is 19.6 Å². The highest BCUT2D eigenvalue weighted by Gasteiger charge is 2.20. The minimum atomic E-state index is -1.44. The predicted octanol–water partition coefficient (Wildman–Crippen LogP) is 14.2. The number of hydrogen-bond donors (Lipinski definition) is 0. The van der Waals surface area contributed by atoms with Gasteiger partial charge >= 0.3 is 0 Å². The van der Waals surface area contributed by atoms with Gasteiger partial charge in [-0.15, -0.1) is 0 Å². The second-order valence-corrected chi connectivity index (χ2v) is 19.8. The molecule has 262 valence electrons. The van der Waals surface area contributed by atoms with Gasteiger partial charge in [-0.1, -0.05) is 170 Å². The molecule has 0 amide bonds. The zero-order valence-corrected chi connectivity index (χ0v) is 32.1. The standard InChI is InChI=1S/C51H44N2Si/c1-54(2,3)49-37-35-48(36-38-49)53(51-22-14-13-21-50(51)43-15-7-4-8-16-43)47-33-29-42(30-34-47)40-25-23-39(24-26-40)41-27-31-46(32-28-41)52(44-17-9-5-10-18-44)45-19-11-6-12-20-45/h4-38H,1-3H3. The summed E-state index contributed by atoms with van der Waals surface area (Å²) in [6.07, 6.45) is 0. The van der Waals surface area contributed by atoms with E-state index in [1.807, 2.05) is 0 Å². The fourth-order valence-electron chi connectivity index (χ4n) is 7.13. The lowest BCUT2D eigenvalue weighted by atomic mass is 9.99. The van der Waals surface area contributed by atoms with Crippen LogP contribution in [0.15, 0.2) is 212 Å². The molecule has 0 unspecified atom stereocenters. The molecule has 3 heteroatoms. The molecule has 0 bridgehead atoms. The van der Waals surface area contributed by atoms with E-state index in [1.165, 1.54) is 38.6 Å². The molecule has 2 nitrogen and oxygen atoms in total. The molecule has 54 heavy (non-hydrogen) atoms. The molecule has 8 aromatic rings. The molecule has 8 aromatic carbocycles. The summed E-state index contributed by atoms with van der Waals surface area (Å²) < 4.78 is 0. The van der Waals surface area contributed by atoms with E-state index in [-0.39, 0.29) is 0 Å². The third-order valence-corrected chi connectivity index (χ3v) is 12.1. The van der Waals surface area contributed by atoms with Crippen molar-refractivity contribution in [3.05, 3.63) is 212 Å². The van der Waals surface area contributed by atoms with Crippen molar-refractivity contribution in [3.8, 4) is 33.4 Å². The molecule has 0 saturated carbocycles. The lowest BCUT2D eigenvalue weighted by Crippen LogP contribution is -2.37. The summed E-state index contributed by atoms with van der Waals surface area (Å²) in [6, 6.07) is 76.5. The van der Waals surface area contributed by atoms with Crippen LogP contribution in [0, 0.1) is 0 Å². The van der Waals surface area contributed by atoms with E-state index < -0.39 is 8.07 Å². The first kappa shape index (κ1) is 34.7. The molecule has 0 aliphatic rings. The quantitative estimate of drug-likeness (QED) is 0.130. The summed E-state index contributed by atoms with van der Waals surface area (Å²) in [5.74, 6) is 0. The maximum atomic E-state index is 2.40. The van der Waals surface area contributed by atoms with Gasteiger partial charge in [0.1, 0.15) is 0 Å². The number of benzene rings is 8. The van der Waals surface area contributed by atoms with E-state index in [9.17, 15) is 0 Å². The van der Waals surface area contributed by atoms with Gasteiger partial charge in [0.15, 0.2) is 0 Å². The molecule has 0 fully saturated rings. The molecule has 0 radical (unpaired) electrons. The number of hydrogen-bond acceptors (Lipinski definition) is 2. The van der Waals surface area contributed by atoms with Gasteiger partial charge in [0.2, 0.25) is 0 Å². The second kappa shape index (κ2) is 15.3. The largest absolute Gasteiger partial charge is 0.311 e. The molecule has 0 saturated heterocycles. The lowest BCUT2D eigenvalue weighted by Gasteiger charge is -2.29. The smallest absolute Gasteiger partial charge is 0.0775 e. The minimum Gasteiger partial charge on any atom is -0.311 e. The van der Waals surface area contributed by atoms with Crippen molar-refractivity contribution in [2.24, 2.45) is 0 Å². The Morgan fingerprint density at radius 3 is 1.06 bits per heavy atom. The van der Waals surface area contributed by atoms with Crippen LogP contribution in [0.4, 0.5) is 34.1 Å². The van der Waals surface area contributed by atoms with Crippen molar-refractivity contribution in [2.75, 3.05) is 9.80 Å². The first-order valence-corrected chi connectivity index (χ1v) is 22.2. The van der Waals surface area contributed by atoms with E-state index in [2.05, 4.69) is 242 Å². The maximum absolute atomic E-state index is 2.40. The third-order valence-electron chi connectivity index (χ3n) is 10.1. The van der Waals surface area contributed by atoms with Crippen molar-refractivity contribution in [1.82, 2.24) is 0 Å². The molecule has 0 spiro atoms. The average Bonchev–Trinajstić information content (AvgIpc) is 3.23. The highest BCUT2D eigenvalue weighted by molar-refractivity contribution is 6.88. The summed E-state index contributed by atoms with van der Waals surface area (Å²) in [5.41, 5.74) is 14.0. The minimum absolute atomic E-state index is 1.12. The monoisotopic (exact) mass is 712 g/mol. The first-order valence-electron chi connectivity index (χ1n) is 18.7. The summed E-state index contributed by atoms with van der Waals surface area (Å²) in [7, 11) is -1.44. The number of para-hydroxylation sites is 3. The normalized spacial score (nSPS) is 11.2. The Labute approximate surface area is 321 Å². The highest BCUT2D eigenvalue weighted by atomic mass is 28.3. The van der Waals surface area contributed by atoms with E-state index in [4.69, 9.17) is 0 Å². The Hall–Kier alpha value is -6.42. The predicted molar refractivity (Wildman–Crippen MR) is 235 cm³/mol. The van der Waals surface area contributed by atoms with Gasteiger partial charge in [0.25, 0.3) is 0 Å². The van der Waals surface area contributed by atoms with Crippen LogP contribution in [-0.2, 0) is 0 Å². The van der Waals surface area contributed by atoms with Crippen LogP contribution in [0.5, 0.6) is 0 Å². The van der Waals surface area contributed by atoms with E-state index in [0.717, 1.165) is 34.1 Å².